The van der Waals surface area contributed by atoms with Crippen molar-refractivity contribution in [3.8, 4) is 0 Å². The third kappa shape index (κ3) is 6.74. The second-order valence-electron chi connectivity index (χ2n) is 4.53. The van der Waals surface area contributed by atoms with Crippen molar-refractivity contribution in [3.05, 3.63) is 35.9 Å². The second kappa shape index (κ2) is 10.1. The van der Waals surface area contributed by atoms with Gasteiger partial charge in [0.1, 0.15) is 0 Å². The van der Waals surface area contributed by atoms with Crippen molar-refractivity contribution in [3.63, 3.8) is 0 Å². The van der Waals surface area contributed by atoms with E-state index in [-0.39, 0.29) is 0 Å². The first kappa shape index (κ1) is 15.2. The Labute approximate surface area is 110 Å². The number of hydrogen-bond donors (Lipinski definition) is 1. The van der Waals surface area contributed by atoms with Crippen molar-refractivity contribution >= 4 is 0 Å². The van der Waals surface area contributed by atoms with Gasteiger partial charge in [-0.1, -0.05) is 30.3 Å². The largest absolute Gasteiger partial charge is 0.385 e. The van der Waals surface area contributed by atoms with Crippen molar-refractivity contribution in [1.29, 1.82) is 0 Å². The number of methoxy groups -OCH3 is 2. The zero-order valence-corrected chi connectivity index (χ0v) is 11.5. The van der Waals surface area contributed by atoms with Crippen molar-refractivity contribution in [1.82, 2.24) is 5.32 Å². The average molecular weight is 251 g/mol. The van der Waals surface area contributed by atoms with E-state index >= 15 is 0 Å². The minimum absolute atomic E-state index is 0.615. The standard InChI is InChI=1S/C15H25NO2/c1-17-10-8-15(13-16-9-11-18-2)12-14-6-4-3-5-7-14/h3-7,15-16H,8-13H2,1-2H3. The number of rotatable bonds is 10. The molecule has 0 radical (unpaired) electrons. The molecular formula is C15H25NO2. The first-order valence-corrected chi connectivity index (χ1v) is 6.59. The van der Waals surface area contributed by atoms with E-state index in [2.05, 4.69) is 35.6 Å². The molecule has 1 rings (SSSR count). The Balaban J connectivity index is 2.35. The highest BCUT2D eigenvalue weighted by Gasteiger charge is 2.09. The van der Waals surface area contributed by atoms with Crippen LogP contribution in [0.15, 0.2) is 30.3 Å². The summed E-state index contributed by atoms with van der Waals surface area (Å²) >= 11 is 0. The summed E-state index contributed by atoms with van der Waals surface area (Å²) in [5, 5.41) is 3.43. The first-order chi connectivity index (χ1) is 8.86. The summed E-state index contributed by atoms with van der Waals surface area (Å²) in [6, 6.07) is 10.6. The molecule has 1 unspecified atom stereocenters. The van der Waals surface area contributed by atoms with Crippen LogP contribution in [0.2, 0.25) is 0 Å². The molecule has 0 aliphatic heterocycles. The van der Waals surface area contributed by atoms with Gasteiger partial charge in [-0.25, -0.2) is 0 Å². The fourth-order valence-electron chi connectivity index (χ4n) is 1.99. The van der Waals surface area contributed by atoms with Crippen LogP contribution >= 0.6 is 0 Å². The van der Waals surface area contributed by atoms with Crippen LogP contribution in [0.3, 0.4) is 0 Å². The lowest BCUT2D eigenvalue weighted by Gasteiger charge is -2.17. The minimum Gasteiger partial charge on any atom is -0.385 e. The third-order valence-corrected chi connectivity index (χ3v) is 3.01. The summed E-state index contributed by atoms with van der Waals surface area (Å²) in [7, 11) is 3.49. The first-order valence-electron chi connectivity index (χ1n) is 6.59. The van der Waals surface area contributed by atoms with Crippen molar-refractivity contribution < 1.29 is 9.47 Å². The van der Waals surface area contributed by atoms with E-state index < -0.39 is 0 Å². The van der Waals surface area contributed by atoms with E-state index in [9.17, 15) is 0 Å². The summed E-state index contributed by atoms with van der Waals surface area (Å²) in [6.07, 6.45) is 2.19. The van der Waals surface area contributed by atoms with E-state index in [1.807, 2.05) is 0 Å². The topological polar surface area (TPSA) is 30.5 Å². The van der Waals surface area contributed by atoms with Crippen LogP contribution in [0.4, 0.5) is 0 Å². The summed E-state index contributed by atoms with van der Waals surface area (Å²) < 4.78 is 10.2. The average Bonchev–Trinajstić information content (AvgIpc) is 2.41. The second-order valence-corrected chi connectivity index (χ2v) is 4.53. The van der Waals surface area contributed by atoms with Crippen LogP contribution < -0.4 is 5.32 Å². The molecule has 1 aromatic carbocycles. The van der Waals surface area contributed by atoms with Crippen molar-refractivity contribution in [2.45, 2.75) is 12.8 Å². The minimum atomic E-state index is 0.615. The maximum absolute atomic E-state index is 5.19. The molecule has 0 heterocycles. The zero-order chi connectivity index (χ0) is 13.1. The molecule has 3 nitrogen and oxygen atoms in total. The van der Waals surface area contributed by atoms with E-state index in [4.69, 9.17) is 9.47 Å². The zero-order valence-electron chi connectivity index (χ0n) is 11.5. The summed E-state index contributed by atoms with van der Waals surface area (Å²) in [5.41, 5.74) is 1.40. The molecule has 18 heavy (non-hydrogen) atoms. The maximum atomic E-state index is 5.19. The van der Waals surface area contributed by atoms with Crippen LogP contribution in [-0.4, -0.2) is 40.5 Å². The molecule has 0 saturated heterocycles. The summed E-state index contributed by atoms with van der Waals surface area (Å²) in [6.45, 7) is 3.52. The van der Waals surface area contributed by atoms with Gasteiger partial charge in [0.15, 0.2) is 0 Å². The quantitative estimate of drug-likeness (QED) is 0.646. The van der Waals surface area contributed by atoms with Gasteiger partial charge in [-0.2, -0.15) is 0 Å². The lowest BCUT2D eigenvalue weighted by Crippen LogP contribution is -2.28. The third-order valence-electron chi connectivity index (χ3n) is 3.01. The molecule has 0 amide bonds. The number of nitrogens with one attached hydrogen (secondary N) is 1. The summed E-state index contributed by atoms with van der Waals surface area (Å²) in [4.78, 5) is 0. The van der Waals surface area contributed by atoms with Gasteiger partial charge in [-0.15, -0.1) is 0 Å². The molecule has 0 aromatic heterocycles. The molecule has 3 heteroatoms. The lowest BCUT2D eigenvalue weighted by molar-refractivity contribution is 0.172. The number of ether oxygens (including phenoxy) is 2. The molecule has 102 valence electrons. The van der Waals surface area contributed by atoms with Crippen LogP contribution in [0, 0.1) is 5.92 Å². The van der Waals surface area contributed by atoms with E-state index in [0.717, 1.165) is 39.1 Å². The molecule has 0 bridgehead atoms. The van der Waals surface area contributed by atoms with Gasteiger partial charge in [0, 0.05) is 27.4 Å². The molecule has 1 atom stereocenters. The van der Waals surface area contributed by atoms with Gasteiger partial charge >= 0.3 is 0 Å². The van der Waals surface area contributed by atoms with E-state index in [1.165, 1.54) is 5.56 Å². The molecule has 0 saturated carbocycles. The highest BCUT2D eigenvalue weighted by Crippen LogP contribution is 2.11. The fourth-order valence-corrected chi connectivity index (χ4v) is 1.99. The van der Waals surface area contributed by atoms with Gasteiger partial charge in [0.2, 0.25) is 0 Å². The van der Waals surface area contributed by atoms with E-state index in [0.29, 0.717) is 5.92 Å². The van der Waals surface area contributed by atoms with Gasteiger partial charge < -0.3 is 14.8 Å². The van der Waals surface area contributed by atoms with Gasteiger partial charge in [0.25, 0.3) is 0 Å². The van der Waals surface area contributed by atoms with Crippen LogP contribution in [0.25, 0.3) is 0 Å². The molecular weight excluding hydrogens is 226 g/mol. The monoisotopic (exact) mass is 251 g/mol. The highest BCUT2D eigenvalue weighted by molar-refractivity contribution is 5.15. The van der Waals surface area contributed by atoms with Gasteiger partial charge in [-0.05, 0) is 30.9 Å². The van der Waals surface area contributed by atoms with Crippen LogP contribution in [0.5, 0.6) is 0 Å². The molecule has 0 fully saturated rings. The molecule has 1 N–H and O–H groups in total. The Morgan fingerprint density at radius 3 is 2.44 bits per heavy atom. The number of benzene rings is 1. The Morgan fingerprint density at radius 1 is 1.06 bits per heavy atom. The van der Waals surface area contributed by atoms with Gasteiger partial charge in [0.05, 0.1) is 6.61 Å². The predicted molar refractivity (Wildman–Crippen MR) is 74.9 cm³/mol. The molecule has 1 aromatic rings. The molecule has 0 spiro atoms. The lowest BCUT2D eigenvalue weighted by atomic mass is 9.96. The molecule has 0 aliphatic carbocycles. The number of hydrogen-bond acceptors (Lipinski definition) is 3. The Morgan fingerprint density at radius 2 is 1.78 bits per heavy atom. The SMILES string of the molecule is COCCNCC(CCOC)Cc1ccccc1. The van der Waals surface area contributed by atoms with Crippen molar-refractivity contribution in [2.24, 2.45) is 5.92 Å². The van der Waals surface area contributed by atoms with Crippen molar-refractivity contribution in [2.75, 3.05) is 40.5 Å². The maximum Gasteiger partial charge on any atom is 0.0587 e. The van der Waals surface area contributed by atoms with Crippen LogP contribution in [-0.2, 0) is 15.9 Å². The van der Waals surface area contributed by atoms with E-state index in [1.54, 1.807) is 14.2 Å². The molecule has 0 aliphatic rings. The Kier molecular flexibility index (Phi) is 8.47. The smallest absolute Gasteiger partial charge is 0.0587 e. The Bertz CT molecular complexity index is 290. The highest BCUT2D eigenvalue weighted by atomic mass is 16.5. The summed E-state index contributed by atoms with van der Waals surface area (Å²) in [5.74, 6) is 0.615. The van der Waals surface area contributed by atoms with Gasteiger partial charge in [-0.3, -0.25) is 0 Å². The normalized spacial score (nSPS) is 12.6. The Hall–Kier alpha value is -0.900. The van der Waals surface area contributed by atoms with Crippen LogP contribution in [0.1, 0.15) is 12.0 Å². The predicted octanol–water partition coefficient (Wildman–Crippen LogP) is 2.12. The fraction of sp³-hybridized carbons (Fsp3) is 0.600.